The minimum absolute atomic E-state index is 0.0386. The molecule has 0 radical (unpaired) electrons. The van der Waals surface area contributed by atoms with Gasteiger partial charge in [-0.25, -0.2) is 0 Å². The second-order valence-corrected chi connectivity index (χ2v) is 7.25. The van der Waals surface area contributed by atoms with E-state index < -0.39 is 6.04 Å². The highest BCUT2D eigenvalue weighted by molar-refractivity contribution is 6.02. The third kappa shape index (κ3) is 3.30. The Hall–Kier alpha value is -3.02. The zero-order chi connectivity index (χ0) is 19.7. The van der Waals surface area contributed by atoms with Crippen molar-refractivity contribution in [1.29, 1.82) is 0 Å². The van der Waals surface area contributed by atoms with Gasteiger partial charge in [0.15, 0.2) is 0 Å². The third-order valence-electron chi connectivity index (χ3n) is 5.61. The van der Waals surface area contributed by atoms with Gasteiger partial charge in [-0.3, -0.25) is 14.5 Å². The van der Waals surface area contributed by atoms with Crippen LogP contribution in [-0.2, 0) is 16.0 Å². The summed E-state index contributed by atoms with van der Waals surface area (Å²) in [5.74, 6) is 0.784. The van der Waals surface area contributed by atoms with Gasteiger partial charge in [-0.2, -0.15) is 0 Å². The Bertz CT molecular complexity index is 890. The molecule has 0 N–H and O–H groups in total. The van der Waals surface area contributed by atoms with Gasteiger partial charge in [-0.05, 0) is 23.8 Å². The molecule has 0 aromatic heterocycles. The lowest BCUT2D eigenvalue weighted by molar-refractivity contribution is -0.134. The van der Waals surface area contributed by atoms with Crippen LogP contribution in [0.1, 0.15) is 12.5 Å². The van der Waals surface area contributed by atoms with Crippen LogP contribution in [0, 0.1) is 0 Å². The first-order valence-corrected chi connectivity index (χ1v) is 9.64. The van der Waals surface area contributed by atoms with E-state index in [1.54, 1.807) is 12.0 Å². The maximum atomic E-state index is 13.2. The lowest BCUT2D eigenvalue weighted by Gasteiger charge is -2.38. The Balaban J connectivity index is 1.45. The summed E-state index contributed by atoms with van der Waals surface area (Å²) in [4.78, 5) is 31.3. The fourth-order valence-electron chi connectivity index (χ4n) is 4.18. The number of rotatable bonds is 3. The van der Waals surface area contributed by atoms with Crippen LogP contribution in [0.15, 0.2) is 48.5 Å². The van der Waals surface area contributed by atoms with Crippen LogP contribution < -0.4 is 14.5 Å². The van der Waals surface area contributed by atoms with Gasteiger partial charge in [0.25, 0.3) is 0 Å². The van der Waals surface area contributed by atoms with E-state index in [1.807, 2.05) is 47.4 Å². The number of amides is 2. The summed E-state index contributed by atoms with van der Waals surface area (Å²) in [5.41, 5.74) is 3.03. The second-order valence-electron chi connectivity index (χ2n) is 7.25. The maximum absolute atomic E-state index is 13.2. The number of ether oxygens (including phenoxy) is 1. The fraction of sp³-hybridized carbons (Fsp3) is 0.364. The number of para-hydroxylation sites is 1. The van der Waals surface area contributed by atoms with Crippen molar-refractivity contribution in [3.05, 3.63) is 54.1 Å². The molecule has 4 rings (SSSR count). The highest BCUT2D eigenvalue weighted by Gasteiger charge is 2.39. The van der Waals surface area contributed by atoms with Crippen LogP contribution in [-0.4, -0.2) is 56.0 Å². The smallest absolute Gasteiger partial charge is 0.246 e. The Kier molecular flexibility index (Phi) is 4.94. The minimum atomic E-state index is -0.432. The molecule has 2 aromatic rings. The summed E-state index contributed by atoms with van der Waals surface area (Å²) in [6.45, 7) is 4.35. The highest BCUT2D eigenvalue weighted by Crippen LogP contribution is 2.33. The molecule has 2 heterocycles. The van der Waals surface area contributed by atoms with Gasteiger partial charge in [0.05, 0.1) is 7.11 Å². The summed E-state index contributed by atoms with van der Waals surface area (Å²) in [7, 11) is 1.66. The Morgan fingerprint density at radius 1 is 1.00 bits per heavy atom. The lowest BCUT2D eigenvalue weighted by atomic mass is 10.1. The summed E-state index contributed by atoms with van der Waals surface area (Å²) in [6.07, 6.45) is 0.588. The van der Waals surface area contributed by atoms with Crippen LogP contribution in [0.2, 0.25) is 0 Å². The van der Waals surface area contributed by atoms with Gasteiger partial charge < -0.3 is 14.5 Å². The number of methoxy groups -OCH3 is 1. The number of fused-ring (bicyclic) bond motifs is 1. The van der Waals surface area contributed by atoms with E-state index in [4.69, 9.17) is 4.74 Å². The summed E-state index contributed by atoms with van der Waals surface area (Å²) < 4.78 is 5.31. The zero-order valence-corrected chi connectivity index (χ0v) is 16.3. The first-order chi connectivity index (χ1) is 13.6. The summed E-state index contributed by atoms with van der Waals surface area (Å²) in [5, 5.41) is 0. The molecule has 6 heteroatoms. The van der Waals surface area contributed by atoms with Gasteiger partial charge in [0.1, 0.15) is 11.8 Å². The first kappa shape index (κ1) is 18.3. The van der Waals surface area contributed by atoms with E-state index in [9.17, 15) is 9.59 Å². The van der Waals surface area contributed by atoms with E-state index in [-0.39, 0.29) is 11.8 Å². The van der Waals surface area contributed by atoms with Crippen molar-refractivity contribution in [3.8, 4) is 5.75 Å². The monoisotopic (exact) mass is 379 g/mol. The van der Waals surface area contributed by atoms with Crippen molar-refractivity contribution in [2.75, 3.05) is 43.1 Å². The third-order valence-corrected chi connectivity index (χ3v) is 5.61. The van der Waals surface area contributed by atoms with E-state index in [0.29, 0.717) is 19.5 Å². The molecular formula is C22H25N3O3. The number of anilines is 2. The summed E-state index contributed by atoms with van der Waals surface area (Å²) in [6, 6.07) is 15.3. The molecule has 0 aliphatic carbocycles. The Morgan fingerprint density at radius 2 is 1.75 bits per heavy atom. The molecule has 6 nitrogen and oxygen atoms in total. The predicted molar refractivity (Wildman–Crippen MR) is 109 cm³/mol. The van der Waals surface area contributed by atoms with Crippen molar-refractivity contribution in [2.24, 2.45) is 0 Å². The molecule has 0 bridgehead atoms. The number of piperazine rings is 1. The van der Waals surface area contributed by atoms with Crippen LogP contribution in [0.4, 0.5) is 11.4 Å². The number of hydrogen-bond acceptors (Lipinski definition) is 4. The Morgan fingerprint density at radius 3 is 2.46 bits per heavy atom. The molecule has 0 spiro atoms. The minimum Gasteiger partial charge on any atom is -0.497 e. The molecule has 1 atom stereocenters. The van der Waals surface area contributed by atoms with Crippen LogP contribution in [0.3, 0.4) is 0 Å². The standard InChI is InChI=1S/C22H25N3O3/c1-16(26)25-20-9-4-3-6-17(20)14-21(25)22(27)24-12-10-23(11-13-24)18-7-5-8-19(15-18)28-2/h3-9,15,21H,10-14H2,1-2H3/t21-/m0/s1. The van der Waals surface area contributed by atoms with Gasteiger partial charge in [-0.1, -0.05) is 24.3 Å². The average Bonchev–Trinajstić information content (AvgIpc) is 3.13. The quantitative estimate of drug-likeness (QED) is 0.821. The first-order valence-electron chi connectivity index (χ1n) is 9.64. The molecule has 146 valence electrons. The van der Waals surface area contributed by atoms with Crippen LogP contribution in [0.25, 0.3) is 0 Å². The molecule has 28 heavy (non-hydrogen) atoms. The number of benzene rings is 2. The summed E-state index contributed by atoms with van der Waals surface area (Å²) >= 11 is 0. The van der Waals surface area contributed by atoms with Gasteiger partial charge in [-0.15, -0.1) is 0 Å². The number of carbonyl (C=O) groups is 2. The van der Waals surface area contributed by atoms with Crippen molar-refractivity contribution < 1.29 is 14.3 Å². The second kappa shape index (κ2) is 7.54. The SMILES string of the molecule is COc1cccc(N2CCN(C(=O)[C@@H]3Cc4ccccc4N3C(C)=O)CC2)c1. The molecule has 2 aromatic carbocycles. The highest BCUT2D eigenvalue weighted by atomic mass is 16.5. The predicted octanol–water partition coefficient (Wildman–Crippen LogP) is 2.32. The molecule has 1 saturated heterocycles. The number of hydrogen-bond donors (Lipinski definition) is 0. The van der Waals surface area contributed by atoms with Crippen molar-refractivity contribution in [1.82, 2.24) is 4.90 Å². The van der Waals surface area contributed by atoms with E-state index in [2.05, 4.69) is 11.0 Å². The van der Waals surface area contributed by atoms with Gasteiger partial charge in [0.2, 0.25) is 11.8 Å². The van der Waals surface area contributed by atoms with Gasteiger partial charge >= 0.3 is 0 Å². The molecule has 2 amide bonds. The average molecular weight is 379 g/mol. The van der Waals surface area contributed by atoms with E-state index >= 15 is 0 Å². The number of carbonyl (C=O) groups excluding carboxylic acids is 2. The Labute approximate surface area is 165 Å². The van der Waals surface area contributed by atoms with Gasteiger partial charge in [0, 0.05) is 57.0 Å². The number of nitrogens with zero attached hydrogens (tertiary/aromatic N) is 3. The topological polar surface area (TPSA) is 53.1 Å². The molecule has 0 unspecified atom stereocenters. The normalized spacial score (nSPS) is 18.8. The van der Waals surface area contributed by atoms with E-state index in [0.717, 1.165) is 35.8 Å². The molecule has 2 aliphatic heterocycles. The molecule has 1 fully saturated rings. The maximum Gasteiger partial charge on any atom is 0.246 e. The van der Waals surface area contributed by atoms with Crippen molar-refractivity contribution in [3.63, 3.8) is 0 Å². The van der Waals surface area contributed by atoms with Crippen molar-refractivity contribution >= 4 is 23.2 Å². The zero-order valence-electron chi connectivity index (χ0n) is 16.3. The largest absolute Gasteiger partial charge is 0.497 e. The molecular weight excluding hydrogens is 354 g/mol. The van der Waals surface area contributed by atoms with Crippen LogP contribution in [0.5, 0.6) is 5.75 Å². The van der Waals surface area contributed by atoms with Crippen molar-refractivity contribution in [2.45, 2.75) is 19.4 Å². The molecule has 2 aliphatic rings. The lowest BCUT2D eigenvalue weighted by Crippen LogP contribution is -2.55. The van der Waals surface area contributed by atoms with E-state index in [1.165, 1.54) is 6.92 Å². The van der Waals surface area contributed by atoms with Crippen LogP contribution >= 0.6 is 0 Å². The molecule has 0 saturated carbocycles. The fourth-order valence-corrected chi connectivity index (χ4v) is 4.18.